The second-order valence-corrected chi connectivity index (χ2v) is 3.54. The fourth-order valence-electron chi connectivity index (χ4n) is 2.00. The van der Waals surface area contributed by atoms with E-state index in [0.717, 1.165) is 19.4 Å². The zero-order valence-corrected chi connectivity index (χ0v) is 7.68. The normalized spacial score (nSPS) is 30.1. The Morgan fingerprint density at radius 2 is 2.42 bits per heavy atom. The van der Waals surface area contributed by atoms with Crippen LogP contribution in [0, 0.1) is 5.92 Å². The van der Waals surface area contributed by atoms with E-state index in [0.29, 0.717) is 18.4 Å². The molecule has 3 nitrogen and oxygen atoms in total. The summed E-state index contributed by atoms with van der Waals surface area (Å²) in [6.07, 6.45) is 3.96. The molecule has 1 aliphatic heterocycles. The minimum Gasteiger partial charge on any atom is -0.370 e. The van der Waals surface area contributed by atoms with Crippen molar-refractivity contribution < 1.29 is 4.79 Å². The molecule has 70 valence electrons. The van der Waals surface area contributed by atoms with Crippen molar-refractivity contribution in [1.82, 2.24) is 5.32 Å². The second-order valence-electron chi connectivity index (χ2n) is 3.54. The standard InChI is InChI=1S/C9H18N2O/c1-2-8-7(6-9(10)12)4-3-5-11-8/h7-8,11H,2-6H2,1H3,(H2,10,12)/t7-,8-/m1/s1. The van der Waals surface area contributed by atoms with E-state index < -0.39 is 0 Å². The van der Waals surface area contributed by atoms with Crippen molar-refractivity contribution in [2.24, 2.45) is 11.7 Å². The molecule has 0 saturated carbocycles. The highest BCUT2D eigenvalue weighted by Gasteiger charge is 2.24. The predicted molar refractivity (Wildman–Crippen MR) is 48.6 cm³/mol. The Hall–Kier alpha value is -0.570. The first-order valence-corrected chi connectivity index (χ1v) is 4.75. The molecule has 0 aliphatic carbocycles. The van der Waals surface area contributed by atoms with Gasteiger partial charge in [-0.15, -0.1) is 0 Å². The molecule has 0 aromatic rings. The number of carbonyl (C=O) groups is 1. The van der Waals surface area contributed by atoms with Crippen LogP contribution in [0.4, 0.5) is 0 Å². The third kappa shape index (κ3) is 2.48. The molecular formula is C9H18N2O. The third-order valence-electron chi connectivity index (χ3n) is 2.63. The molecule has 2 atom stereocenters. The molecule has 12 heavy (non-hydrogen) atoms. The lowest BCUT2D eigenvalue weighted by molar-refractivity contribution is -0.119. The SMILES string of the molecule is CC[C@H]1NCCC[C@@H]1CC(N)=O. The van der Waals surface area contributed by atoms with Gasteiger partial charge in [0.15, 0.2) is 0 Å². The summed E-state index contributed by atoms with van der Waals surface area (Å²) in [6, 6.07) is 0.506. The van der Waals surface area contributed by atoms with Gasteiger partial charge in [-0.05, 0) is 31.7 Å². The molecule has 0 unspecified atom stereocenters. The van der Waals surface area contributed by atoms with Gasteiger partial charge in [-0.1, -0.05) is 6.92 Å². The monoisotopic (exact) mass is 170 g/mol. The van der Waals surface area contributed by atoms with Crippen molar-refractivity contribution >= 4 is 5.91 Å². The number of piperidine rings is 1. The van der Waals surface area contributed by atoms with E-state index in [4.69, 9.17) is 5.73 Å². The van der Waals surface area contributed by atoms with Gasteiger partial charge in [-0.25, -0.2) is 0 Å². The van der Waals surface area contributed by atoms with Crippen molar-refractivity contribution in [3.8, 4) is 0 Å². The number of rotatable bonds is 3. The van der Waals surface area contributed by atoms with Crippen LogP contribution in [-0.4, -0.2) is 18.5 Å². The molecule has 1 aliphatic rings. The summed E-state index contributed by atoms with van der Waals surface area (Å²) >= 11 is 0. The largest absolute Gasteiger partial charge is 0.370 e. The van der Waals surface area contributed by atoms with Gasteiger partial charge in [0.05, 0.1) is 0 Å². The molecule has 3 N–H and O–H groups in total. The fourth-order valence-corrected chi connectivity index (χ4v) is 2.00. The Labute approximate surface area is 73.7 Å². The van der Waals surface area contributed by atoms with Crippen LogP contribution in [-0.2, 0) is 4.79 Å². The second kappa shape index (κ2) is 4.45. The van der Waals surface area contributed by atoms with Gasteiger partial charge in [0.2, 0.25) is 5.91 Å². The number of hydrogen-bond donors (Lipinski definition) is 2. The lowest BCUT2D eigenvalue weighted by Crippen LogP contribution is -2.42. The van der Waals surface area contributed by atoms with E-state index in [9.17, 15) is 4.79 Å². The minimum absolute atomic E-state index is 0.165. The fraction of sp³-hybridized carbons (Fsp3) is 0.889. The van der Waals surface area contributed by atoms with Crippen LogP contribution in [0.3, 0.4) is 0 Å². The lowest BCUT2D eigenvalue weighted by Gasteiger charge is -2.31. The first-order chi connectivity index (χ1) is 5.74. The van der Waals surface area contributed by atoms with E-state index in [2.05, 4.69) is 12.2 Å². The van der Waals surface area contributed by atoms with Gasteiger partial charge in [-0.3, -0.25) is 4.79 Å². The Kier molecular flexibility index (Phi) is 3.53. The highest BCUT2D eigenvalue weighted by molar-refractivity contribution is 5.74. The summed E-state index contributed by atoms with van der Waals surface area (Å²) in [4.78, 5) is 10.7. The molecular weight excluding hydrogens is 152 g/mol. The first-order valence-electron chi connectivity index (χ1n) is 4.75. The number of carbonyl (C=O) groups excluding carboxylic acids is 1. The summed E-state index contributed by atoms with van der Waals surface area (Å²) in [7, 11) is 0. The van der Waals surface area contributed by atoms with Gasteiger partial charge in [0.1, 0.15) is 0 Å². The Balaban J connectivity index is 2.41. The van der Waals surface area contributed by atoms with Crippen molar-refractivity contribution in [2.45, 2.75) is 38.6 Å². The quantitative estimate of drug-likeness (QED) is 0.653. The molecule has 1 rings (SSSR count). The molecule has 1 fully saturated rings. The summed E-state index contributed by atoms with van der Waals surface area (Å²) in [6.45, 7) is 3.24. The molecule has 1 amide bonds. The number of hydrogen-bond acceptors (Lipinski definition) is 2. The van der Waals surface area contributed by atoms with Crippen molar-refractivity contribution in [2.75, 3.05) is 6.54 Å². The topological polar surface area (TPSA) is 55.1 Å². The van der Waals surface area contributed by atoms with Crippen LogP contribution in [0.2, 0.25) is 0 Å². The average molecular weight is 170 g/mol. The highest BCUT2D eigenvalue weighted by atomic mass is 16.1. The minimum atomic E-state index is -0.165. The highest BCUT2D eigenvalue weighted by Crippen LogP contribution is 2.21. The van der Waals surface area contributed by atoms with E-state index in [1.807, 2.05) is 0 Å². The van der Waals surface area contributed by atoms with E-state index in [1.165, 1.54) is 6.42 Å². The van der Waals surface area contributed by atoms with E-state index in [1.54, 1.807) is 0 Å². The lowest BCUT2D eigenvalue weighted by atomic mass is 9.86. The molecule has 1 heterocycles. The molecule has 1 saturated heterocycles. The van der Waals surface area contributed by atoms with Crippen molar-refractivity contribution in [3.63, 3.8) is 0 Å². The Morgan fingerprint density at radius 1 is 1.67 bits per heavy atom. The first kappa shape index (κ1) is 9.52. The predicted octanol–water partition coefficient (Wildman–Crippen LogP) is 0.640. The van der Waals surface area contributed by atoms with Crippen LogP contribution in [0.25, 0.3) is 0 Å². The van der Waals surface area contributed by atoms with Gasteiger partial charge >= 0.3 is 0 Å². The van der Waals surface area contributed by atoms with E-state index >= 15 is 0 Å². The van der Waals surface area contributed by atoms with E-state index in [-0.39, 0.29) is 5.91 Å². The molecule has 0 spiro atoms. The molecule has 0 bridgehead atoms. The molecule has 3 heteroatoms. The van der Waals surface area contributed by atoms with Crippen LogP contribution < -0.4 is 11.1 Å². The van der Waals surface area contributed by atoms with Crippen LogP contribution in [0.15, 0.2) is 0 Å². The van der Waals surface area contributed by atoms with Gasteiger partial charge in [-0.2, -0.15) is 0 Å². The summed E-state index contributed by atoms with van der Waals surface area (Å²) in [5.41, 5.74) is 5.17. The molecule has 0 aromatic heterocycles. The van der Waals surface area contributed by atoms with Gasteiger partial charge < -0.3 is 11.1 Å². The number of nitrogens with two attached hydrogens (primary N) is 1. The van der Waals surface area contributed by atoms with Crippen LogP contribution >= 0.6 is 0 Å². The van der Waals surface area contributed by atoms with Crippen molar-refractivity contribution in [3.05, 3.63) is 0 Å². The Morgan fingerprint density at radius 3 is 3.00 bits per heavy atom. The summed E-state index contributed by atoms with van der Waals surface area (Å²) < 4.78 is 0. The maximum atomic E-state index is 10.7. The maximum absolute atomic E-state index is 10.7. The van der Waals surface area contributed by atoms with Crippen molar-refractivity contribution in [1.29, 1.82) is 0 Å². The zero-order chi connectivity index (χ0) is 8.97. The number of primary amides is 1. The number of nitrogens with one attached hydrogen (secondary N) is 1. The summed E-state index contributed by atoms with van der Waals surface area (Å²) in [5.74, 6) is 0.309. The molecule has 0 radical (unpaired) electrons. The summed E-state index contributed by atoms with van der Waals surface area (Å²) in [5, 5.41) is 3.42. The molecule has 0 aromatic carbocycles. The van der Waals surface area contributed by atoms with Crippen LogP contribution in [0.1, 0.15) is 32.6 Å². The zero-order valence-electron chi connectivity index (χ0n) is 7.68. The van der Waals surface area contributed by atoms with Crippen LogP contribution in [0.5, 0.6) is 0 Å². The maximum Gasteiger partial charge on any atom is 0.217 e. The smallest absolute Gasteiger partial charge is 0.217 e. The number of amides is 1. The van der Waals surface area contributed by atoms with Gasteiger partial charge in [0.25, 0.3) is 0 Å². The average Bonchev–Trinajstić information content (AvgIpc) is 2.04. The Bertz CT molecular complexity index is 159. The third-order valence-corrected chi connectivity index (χ3v) is 2.63. The van der Waals surface area contributed by atoms with Gasteiger partial charge in [0, 0.05) is 12.5 Å².